The lowest BCUT2D eigenvalue weighted by molar-refractivity contribution is -0.127. The fourth-order valence-electron chi connectivity index (χ4n) is 2.59. The first-order chi connectivity index (χ1) is 14.3. The molecule has 1 aliphatic heterocycles. The maximum absolute atomic E-state index is 12.9. The van der Waals surface area contributed by atoms with Gasteiger partial charge < -0.3 is 10.1 Å². The van der Waals surface area contributed by atoms with E-state index < -0.39 is 29.4 Å². The van der Waals surface area contributed by atoms with Crippen LogP contribution in [0.3, 0.4) is 0 Å². The molecule has 3 rings (SSSR count). The van der Waals surface area contributed by atoms with Gasteiger partial charge in [0.2, 0.25) is 5.91 Å². The van der Waals surface area contributed by atoms with E-state index in [0.29, 0.717) is 18.2 Å². The highest BCUT2D eigenvalue weighted by Crippen LogP contribution is 2.32. The van der Waals surface area contributed by atoms with Crippen molar-refractivity contribution in [2.45, 2.75) is 13.8 Å². The first-order valence-electron chi connectivity index (χ1n) is 9.35. The monoisotopic (exact) mass is 428 g/mol. The summed E-state index contributed by atoms with van der Waals surface area (Å²) in [6.07, 6.45) is 1.61. The summed E-state index contributed by atoms with van der Waals surface area (Å²) in [5.41, 5.74) is 1.12. The number of amides is 3. The molecule has 3 amide bonds. The smallest absolute Gasteiger partial charge is 0.294 e. The van der Waals surface area contributed by atoms with Crippen LogP contribution in [0.4, 0.5) is 14.9 Å². The van der Waals surface area contributed by atoms with Crippen molar-refractivity contribution in [3.8, 4) is 5.75 Å². The van der Waals surface area contributed by atoms with Crippen LogP contribution in [-0.2, 0) is 9.59 Å². The van der Waals surface area contributed by atoms with E-state index in [0.717, 1.165) is 28.0 Å². The van der Waals surface area contributed by atoms with Crippen LogP contribution in [0.25, 0.3) is 6.08 Å². The normalized spacial score (nSPS) is 15.2. The predicted molar refractivity (Wildman–Crippen MR) is 114 cm³/mol. The molecule has 1 fully saturated rings. The van der Waals surface area contributed by atoms with Crippen LogP contribution < -0.4 is 10.1 Å². The standard InChI is InChI=1S/C22H21FN2O4S/c1-14(2)13-29-18-9-3-15(4-10-18)11-19-21(27)25(22(28)30-19)12-20(26)24-17-7-5-16(23)6-8-17/h3-11,14H,12-13H2,1-2H3,(H,24,26)/b19-11-. The third kappa shape index (κ3) is 5.70. The average Bonchev–Trinajstić information content (AvgIpc) is 2.96. The number of hydrogen-bond acceptors (Lipinski definition) is 5. The molecule has 0 aliphatic carbocycles. The van der Waals surface area contributed by atoms with Crippen LogP contribution in [-0.4, -0.2) is 35.1 Å². The second-order valence-corrected chi connectivity index (χ2v) is 8.09. The van der Waals surface area contributed by atoms with Gasteiger partial charge in [-0.15, -0.1) is 0 Å². The fourth-order valence-corrected chi connectivity index (χ4v) is 3.43. The quantitative estimate of drug-likeness (QED) is 0.656. The van der Waals surface area contributed by atoms with Crippen molar-refractivity contribution in [2.24, 2.45) is 5.92 Å². The third-order valence-electron chi connectivity index (χ3n) is 4.06. The molecule has 2 aromatic carbocycles. The molecule has 1 heterocycles. The lowest BCUT2D eigenvalue weighted by atomic mass is 10.2. The summed E-state index contributed by atoms with van der Waals surface area (Å²) >= 11 is 0.783. The van der Waals surface area contributed by atoms with Crippen LogP contribution >= 0.6 is 11.8 Å². The first-order valence-corrected chi connectivity index (χ1v) is 10.2. The predicted octanol–water partition coefficient (Wildman–Crippen LogP) is 4.54. The van der Waals surface area contributed by atoms with E-state index in [1.165, 1.54) is 24.3 Å². The van der Waals surface area contributed by atoms with Crippen LogP contribution in [0.1, 0.15) is 19.4 Å². The Hall–Kier alpha value is -3.13. The number of nitrogens with zero attached hydrogens (tertiary/aromatic N) is 1. The Labute approximate surface area is 178 Å². The van der Waals surface area contributed by atoms with Gasteiger partial charge in [0.05, 0.1) is 11.5 Å². The molecule has 1 aliphatic rings. The van der Waals surface area contributed by atoms with Crippen LogP contribution in [0.2, 0.25) is 0 Å². The minimum absolute atomic E-state index is 0.241. The molecule has 0 aromatic heterocycles. The fraction of sp³-hybridized carbons (Fsp3) is 0.227. The van der Waals surface area contributed by atoms with E-state index in [9.17, 15) is 18.8 Å². The Morgan fingerprint density at radius 2 is 1.80 bits per heavy atom. The van der Waals surface area contributed by atoms with E-state index >= 15 is 0 Å². The van der Waals surface area contributed by atoms with Gasteiger partial charge in [-0.25, -0.2) is 4.39 Å². The lowest BCUT2D eigenvalue weighted by Crippen LogP contribution is -2.36. The molecule has 0 radical (unpaired) electrons. The number of carbonyl (C=O) groups excluding carboxylic acids is 3. The summed E-state index contributed by atoms with van der Waals surface area (Å²) in [6, 6.07) is 12.4. The largest absolute Gasteiger partial charge is 0.493 e. The number of ether oxygens (including phenoxy) is 1. The first kappa shape index (κ1) is 21.6. The molecule has 0 saturated carbocycles. The molecule has 30 heavy (non-hydrogen) atoms. The van der Waals surface area contributed by atoms with Crippen LogP contribution in [0.15, 0.2) is 53.4 Å². The maximum atomic E-state index is 12.9. The van der Waals surface area contributed by atoms with Crippen molar-refractivity contribution in [3.05, 3.63) is 64.8 Å². The third-order valence-corrected chi connectivity index (χ3v) is 4.97. The number of hydrogen-bond donors (Lipinski definition) is 1. The van der Waals surface area contributed by atoms with Gasteiger partial charge in [-0.05, 0) is 65.7 Å². The number of thioether (sulfide) groups is 1. The molecule has 0 bridgehead atoms. The zero-order chi connectivity index (χ0) is 21.7. The van der Waals surface area contributed by atoms with Crippen molar-refractivity contribution >= 4 is 40.6 Å². The molecule has 0 unspecified atom stereocenters. The summed E-state index contributed by atoms with van der Waals surface area (Å²) in [5, 5.41) is 2.02. The number of carbonyl (C=O) groups is 3. The van der Waals surface area contributed by atoms with E-state index in [4.69, 9.17) is 4.74 Å². The molecule has 1 N–H and O–H groups in total. The summed E-state index contributed by atoms with van der Waals surface area (Å²) in [4.78, 5) is 38.0. The van der Waals surface area contributed by atoms with Crippen molar-refractivity contribution in [3.63, 3.8) is 0 Å². The Kier molecular flexibility index (Phi) is 6.89. The minimum Gasteiger partial charge on any atom is -0.493 e. The molecule has 156 valence electrons. The van der Waals surface area contributed by atoms with Gasteiger partial charge in [0.25, 0.3) is 11.1 Å². The molecule has 2 aromatic rings. The van der Waals surface area contributed by atoms with Gasteiger partial charge in [0, 0.05) is 5.69 Å². The number of anilines is 1. The van der Waals surface area contributed by atoms with E-state index in [-0.39, 0.29) is 4.91 Å². The van der Waals surface area contributed by atoms with Crippen molar-refractivity contribution in [2.75, 3.05) is 18.5 Å². The summed E-state index contributed by atoms with van der Waals surface area (Å²) in [7, 11) is 0. The van der Waals surface area contributed by atoms with Crippen LogP contribution in [0, 0.1) is 11.7 Å². The molecule has 0 atom stereocenters. The topological polar surface area (TPSA) is 75.7 Å². The Bertz CT molecular complexity index is 972. The molecular formula is C22H21FN2O4S. The Balaban J connectivity index is 1.62. The highest BCUT2D eigenvalue weighted by Gasteiger charge is 2.36. The zero-order valence-corrected chi connectivity index (χ0v) is 17.4. The van der Waals surface area contributed by atoms with Crippen molar-refractivity contribution in [1.29, 1.82) is 0 Å². The molecule has 6 nitrogen and oxygen atoms in total. The van der Waals surface area contributed by atoms with Gasteiger partial charge in [-0.1, -0.05) is 26.0 Å². The van der Waals surface area contributed by atoms with Crippen molar-refractivity contribution in [1.82, 2.24) is 4.90 Å². The van der Waals surface area contributed by atoms with E-state index in [1.54, 1.807) is 30.3 Å². The van der Waals surface area contributed by atoms with Gasteiger partial charge in [-0.3, -0.25) is 19.3 Å². The number of rotatable bonds is 7. The van der Waals surface area contributed by atoms with Gasteiger partial charge in [0.15, 0.2) is 0 Å². The highest BCUT2D eigenvalue weighted by atomic mass is 32.2. The lowest BCUT2D eigenvalue weighted by Gasteiger charge is -2.12. The highest BCUT2D eigenvalue weighted by molar-refractivity contribution is 8.18. The number of benzene rings is 2. The van der Waals surface area contributed by atoms with Crippen LogP contribution in [0.5, 0.6) is 5.75 Å². The van der Waals surface area contributed by atoms with Gasteiger partial charge in [-0.2, -0.15) is 0 Å². The number of imide groups is 1. The van der Waals surface area contributed by atoms with Crippen molar-refractivity contribution < 1.29 is 23.5 Å². The van der Waals surface area contributed by atoms with E-state index in [1.807, 2.05) is 0 Å². The maximum Gasteiger partial charge on any atom is 0.294 e. The number of halogens is 1. The summed E-state index contributed by atoms with van der Waals surface area (Å²) in [5.74, 6) is -0.359. The van der Waals surface area contributed by atoms with Gasteiger partial charge >= 0.3 is 0 Å². The molecule has 0 spiro atoms. The second-order valence-electron chi connectivity index (χ2n) is 7.10. The van der Waals surface area contributed by atoms with Gasteiger partial charge in [0.1, 0.15) is 18.1 Å². The minimum atomic E-state index is -0.545. The Morgan fingerprint density at radius 1 is 1.13 bits per heavy atom. The molecule has 8 heteroatoms. The summed E-state index contributed by atoms with van der Waals surface area (Å²) < 4.78 is 18.6. The zero-order valence-electron chi connectivity index (χ0n) is 16.6. The SMILES string of the molecule is CC(C)COc1ccc(/C=C2\SC(=O)N(CC(=O)Nc3ccc(F)cc3)C2=O)cc1. The Morgan fingerprint density at radius 3 is 2.43 bits per heavy atom. The number of nitrogens with one attached hydrogen (secondary N) is 1. The average molecular weight is 428 g/mol. The molecular weight excluding hydrogens is 407 g/mol. The second kappa shape index (κ2) is 9.58. The van der Waals surface area contributed by atoms with E-state index in [2.05, 4.69) is 19.2 Å². The summed E-state index contributed by atoms with van der Waals surface area (Å²) in [6.45, 7) is 4.31. The molecule has 1 saturated heterocycles.